The van der Waals surface area contributed by atoms with E-state index in [0.29, 0.717) is 11.3 Å². The quantitative estimate of drug-likeness (QED) is 0.627. The van der Waals surface area contributed by atoms with Crippen molar-refractivity contribution in [2.24, 2.45) is 0 Å². The molecule has 1 atom stereocenters. The van der Waals surface area contributed by atoms with Crippen molar-refractivity contribution in [2.75, 3.05) is 5.32 Å². The Bertz CT molecular complexity index is 1090. The Morgan fingerprint density at radius 1 is 1.36 bits per heavy atom. The van der Waals surface area contributed by atoms with E-state index < -0.39 is 22.9 Å². The number of para-hydroxylation sites is 1. The van der Waals surface area contributed by atoms with Crippen molar-refractivity contribution in [1.29, 1.82) is 5.26 Å². The summed E-state index contributed by atoms with van der Waals surface area (Å²) in [4.78, 5) is 12.4. The average molecular weight is 426 g/mol. The van der Waals surface area contributed by atoms with E-state index in [1.165, 1.54) is 0 Å². The molecule has 2 heterocycles. The van der Waals surface area contributed by atoms with Crippen LogP contribution in [-0.4, -0.2) is 25.8 Å². The standard InChI is InChI=1S/C17H11ClF3N5OS/c1-9(15(27)23-13-5-3-2-4-10(13)7-22)28-16-25-24-14-12(18)6-11(8-26(14)16)17(19,20)21/h2-6,8-9H,1H3,(H,23,27). The summed E-state index contributed by atoms with van der Waals surface area (Å²) in [6, 6.07) is 9.21. The summed E-state index contributed by atoms with van der Waals surface area (Å²) in [5.74, 6) is -0.442. The smallest absolute Gasteiger partial charge is 0.324 e. The number of alkyl halides is 3. The molecule has 0 aliphatic rings. The number of rotatable bonds is 4. The van der Waals surface area contributed by atoms with E-state index in [0.717, 1.165) is 28.4 Å². The van der Waals surface area contributed by atoms with Gasteiger partial charge in [0.15, 0.2) is 10.8 Å². The number of nitriles is 1. The van der Waals surface area contributed by atoms with Crippen molar-refractivity contribution in [3.63, 3.8) is 0 Å². The van der Waals surface area contributed by atoms with Crippen molar-refractivity contribution in [3.05, 3.63) is 52.7 Å². The molecule has 1 amide bonds. The molecule has 1 N–H and O–H groups in total. The molecule has 1 aromatic carbocycles. The third kappa shape index (κ3) is 4.05. The van der Waals surface area contributed by atoms with Gasteiger partial charge in [0.25, 0.3) is 0 Å². The minimum Gasteiger partial charge on any atom is -0.324 e. The predicted molar refractivity (Wildman–Crippen MR) is 98.1 cm³/mol. The number of hydrogen-bond acceptors (Lipinski definition) is 5. The number of hydrogen-bond donors (Lipinski definition) is 1. The lowest BCUT2D eigenvalue weighted by atomic mass is 10.2. The lowest BCUT2D eigenvalue weighted by molar-refractivity contribution is -0.137. The fourth-order valence-electron chi connectivity index (χ4n) is 2.30. The van der Waals surface area contributed by atoms with Crippen molar-refractivity contribution >= 4 is 40.6 Å². The maximum absolute atomic E-state index is 13.0. The highest BCUT2D eigenvalue weighted by Crippen LogP contribution is 2.34. The molecule has 28 heavy (non-hydrogen) atoms. The van der Waals surface area contributed by atoms with Crippen molar-refractivity contribution in [2.45, 2.75) is 23.5 Å². The van der Waals surface area contributed by atoms with Gasteiger partial charge in [-0.1, -0.05) is 35.5 Å². The van der Waals surface area contributed by atoms with Gasteiger partial charge in [-0.2, -0.15) is 18.4 Å². The Hall–Kier alpha value is -2.77. The molecule has 0 spiro atoms. The fourth-order valence-corrected chi connectivity index (χ4v) is 3.37. The van der Waals surface area contributed by atoms with Crippen LogP contribution in [-0.2, 0) is 11.0 Å². The molecule has 144 valence electrons. The average Bonchev–Trinajstić information content (AvgIpc) is 3.05. The second-order valence-electron chi connectivity index (χ2n) is 5.66. The number of thioether (sulfide) groups is 1. The van der Waals surface area contributed by atoms with Gasteiger partial charge in [-0.15, -0.1) is 10.2 Å². The van der Waals surface area contributed by atoms with Crippen LogP contribution in [0.15, 0.2) is 41.7 Å². The molecule has 0 saturated carbocycles. The number of halogens is 4. The van der Waals surface area contributed by atoms with E-state index in [4.69, 9.17) is 16.9 Å². The Morgan fingerprint density at radius 2 is 2.07 bits per heavy atom. The Kier molecular flexibility index (Phi) is 5.49. The SMILES string of the molecule is CC(Sc1nnc2c(Cl)cc(C(F)(F)F)cn12)C(=O)Nc1ccccc1C#N. The molecule has 3 aromatic rings. The fraction of sp³-hybridized carbons (Fsp3) is 0.176. The van der Waals surface area contributed by atoms with E-state index >= 15 is 0 Å². The van der Waals surface area contributed by atoms with Crippen LogP contribution >= 0.6 is 23.4 Å². The van der Waals surface area contributed by atoms with Crippen molar-refractivity contribution < 1.29 is 18.0 Å². The summed E-state index contributed by atoms with van der Waals surface area (Å²) in [6.45, 7) is 1.56. The number of aromatic nitrogens is 3. The molecule has 0 fully saturated rings. The molecular weight excluding hydrogens is 415 g/mol. The van der Waals surface area contributed by atoms with Crippen LogP contribution < -0.4 is 5.32 Å². The second kappa shape index (κ2) is 7.69. The lowest BCUT2D eigenvalue weighted by Gasteiger charge is -2.12. The number of fused-ring (bicyclic) bond motifs is 1. The number of nitrogens with one attached hydrogen (secondary N) is 1. The van der Waals surface area contributed by atoms with Crippen LogP contribution in [0, 0.1) is 11.3 Å². The van der Waals surface area contributed by atoms with Crippen LogP contribution in [0.25, 0.3) is 5.65 Å². The maximum Gasteiger partial charge on any atom is 0.417 e. The van der Waals surface area contributed by atoms with E-state index in [2.05, 4.69) is 15.5 Å². The number of anilines is 1. The molecule has 0 radical (unpaired) electrons. The van der Waals surface area contributed by atoms with Crippen LogP contribution in [0.3, 0.4) is 0 Å². The molecule has 6 nitrogen and oxygen atoms in total. The molecule has 2 aromatic heterocycles. The summed E-state index contributed by atoms with van der Waals surface area (Å²) < 4.78 is 40.2. The molecule has 0 saturated heterocycles. The first kappa shape index (κ1) is 20.0. The van der Waals surface area contributed by atoms with Gasteiger partial charge in [0, 0.05) is 6.20 Å². The van der Waals surface area contributed by atoms with Crippen LogP contribution in [0.2, 0.25) is 5.02 Å². The summed E-state index contributed by atoms with van der Waals surface area (Å²) in [6.07, 6.45) is -3.76. The summed E-state index contributed by atoms with van der Waals surface area (Å²) in [7, 11) is 0. The van der Waals surface area contributed by atoms with E-state index in [9.17, 15) is 18.0 Å². The van der Waals surface area contributed by atoms with Crippen molar-refractivity contribution in [3.8, 4) is 6.07 Å². The summed E-state index contributed by atoms with van der Waals surface area (Å²) in [5.41, 5.74) is -0.259. The predicted octanol–water partition coefficient (Wildman–Crippen LogP) is 4.39. The highest BCUT2D eigenvalue weighted by molar-refractivity contribution is 8.00. The monoisotopic (exact) mass is 425 g/mol. The molecular formula is C17H11ClF3N5OS. The first-order chi connectivity index (χ1) is 13.2. The van der Waals surface area contributed by atoms with Crippen LogP contribution in [0.4, 0.5) is 18.9 Å². The Morgan fingerprint density at radius 3 is 2.75 bits per heavy atom. The van der Waals surface area contributed by atoms with Crippen LogP contribution in [0.5, 0.6) is 0 Å². The van der Waals surface area contributed by atoms with E-state index in [1.54, 1.807) is 31.2 Å². The van der Waals surface area contributed by atoms with Gasteiger partial charge in [0.2, 0.25) is 5.91 Å². The van der Waals surface area contributed by atoms with Gasteiger partial charge < -0.3 is 5.32 Å². The van der Waals surface area contributed by atoms with Gasteiger partial charge in [-0.3, -0.25) is 9.20 Å². The Balaban J connectivity index is 1.85. The first-order valence-electron chi connectivity index (χ1n) is 7.79. The lowest BCUT2D eigenvalue weighted by Crippen LogP contribution is -2.23. The largest absolute Gasteiger partial charge is 0.417 e. The molecule has 0 aliphatic heterocycles. The first-order valence-corrected chi connectivity index (χ1v) is 9.04. The molecule has 3 rings (SSSR count). The zero-order valence-corrected chi connectivity index (χ0v) is 15.7. The van der Waals surface area contributed by atoms with Crippen LogP contribution in [0.1, 0.15) is 18.1 Å². The Labute approximate surface area is 166 Å². The van der Waals surface area contributed by atoms with Gasteiger partial charge in [-0.05, 0) is 25.1 Å². The van der Waals surface area contributed by atoms with Gasteiger partial charge >= 0.3 is 6.18 Å². The normalized spacial score (nSPS) is 12.6. The highest BCUT2D eigenvalue weighted by atomic mass is 35.5. The molecule has 0 aliphatic carbocycles. The third-order valence-electron chi connectivity index (χ3n) is 3.71. The number of benzene rings is 1. The molecule has 11 heteroatoms. The number of pyridine rings is 1. The summed E-state index contributed by atoms with van der Waals surface area (Å²) >= 11 is 6.80. The minimum absolute atomic E-state index is 0.0552. The van der Waals surface area contributed by atoms with Crippen molar-refractivity contribution in [1.82, 2.24) is 14.6 Å². The van der Waals surface area contributed by atoms with E-state index in [-0.39, 0.29) is 15.8 Å². The zero-order valence-electron chi connectivity index (χ0n) is 14.2. The molecule has 0 bridgehead atoms. The highest BCUT2D eigenvalue weighted by Gasteiger charge is 2.32. The molecule has 1 unspecified atom stereocenters. The maximum atomic E-state index is 13.0. The number of carbonyl (C=O) groups is 1. The zero-order chi connectivity index (χ0) is 20.5. The number of amides is 1. The number of carbonyl (C=O) groups excluding carboxylic acids is 1. The summed E-state index contributed by atoms with van der Waals surface area (Å²) in [5, 5.41) is 18.5. The van der Waals surface area contributed by atoms with E-state index in [1.807, 2.05) is 6.07 Å². The van der Waals surface area contributed by atoms with Gasteiger partial charge in [0.1, 0.15) is 6.07 Å². The number of nitrogens with zero attached hydrogens (tertiary/aromatic N) is 4. The third-order valence-corrected chi connectivity index (χ3v) is 5.05. The second-order valence-corrected chi connectivity index (χ2v) is 7.37. The minimum atomic E-state index is -4.59. The van der Waals surface area contributed by atoms with Gasteiger partial charge in [0.05, 0.1) is 27.1 Å². The topological polar surface area (TPSA) is 83.1 Å². The van der Waals surface area contributed by atoms with Gasteiger partial charge in [-0.25, -0.2) is 0 Å².